The van der Waals surface area contributed by atoms with Crippen LogP contribution in [0.3, 0.4) is 0 Å². The molecule has 0 aliphatic carbocycles. The van der Waals surface area contributed by atoms with Gasteiger partial charge in [-0.15, -0.1) is 11.3 Å². The van der Waals surface area contributed by atoms with Crippen molar-refractivity contribution < 1.29 is 19.1 Å². The Balaban J connectivity index is 1.78. The number of aryl methyl sites for hydroxylation is 1. The van der Waals surface area contributed by atoms with Gasteiger partial charge in [-0.25, -0.2) is 14.6 Å². The van der Waals surface area contributed by atoms with E-state index in [1.807, 2.05) is 18.2 Å². The average Bonchev–Trinajstić information content (AvgIpc) is 3.04. The van der Waals surface area contributed by atoms with Crippen molar-refractivity contribution in [1.29, 1.82) is 0 Å². The third-order valence-electron chi connectivity index (χ3n) is 3.35. The molecule has 7 heteroatoms. The highest BCUT2D eigenvalue weighted by Gasteiger charge is 2.19. The standard InChI is InChI=1S/C18H14N2O4S/c1-11-15(25-16(20-11)14-5-3-4-10-19-14)18(22)24-13-8-6-12(7-9-13)17(21)23-2/h3-10H,1-2H3. The lowest BCUT2D eigenvalue weighted by atomic mass is 10.2. The number of thiazole rings is 1. The molecule has 0 amide bonds. The summed E-state index contributed by atoms with van der Waals surface area (Å²) in [5, 5.41) is 0.658. The molecule has 0 bridgehead atoms. The van der Waals surface area contributed by atoms with E-state index in [0.717, 1.165) is 0 Å². The van der Waals surface area contributed by atoms with E-state index < -0.39 is 11.9 Å². The predicted molar refractivity (Wildman–Crippen MR) is 92.8 cm³/mol. The van der Waals surface area contributed by atoms with Crippen LogP contribution in [0.5, 0.6) is 5.75 Å². The first kappa shape index (κ1) is 16.8. The molecule has 0 spiro atoms. The molecule has 2 aromatic heterocycles. The average molecular weight is 354 g/mol. The van der Waals surface area contributed by atoms with Gasteiger partial charge in [0.1, 0.15) is 15.6 Å². The number of benzene rings is 1. The number of pyridine rings is 1. The molecule has 0 saturated heterocycles. The number of aromatic nitrogens is 2. The molecule has 6 nitrogen and oxygen atoms in total. The molecular formula is C18H14N2O4S. The summed E-state index contributed by atoms with van der Waals surface area (Å²) in [4.78, 5) is 32.8. The monoisotopic (exact) mass is 354 g/mol. The summed E-state index contributed by atoms with van der Waals surface area (Å²) in [5.41, 5.74) is 1.67. The van der Waals surface area contributed by atoms with E-state index in [2.05, 4.69) is 14.7 Å². The minimum absolute atomic E-state index is 0.338. The maximum Gasteiger partial charge on any atom is 0.355 e. The van der Waals surface area contributed by atoms with E-state index >= 15 is 0 Å². The van der Waals surface area contributed by atoms with Gasteiger partial charge in [-0.1, -0.05) is 6.07 Å². The van der Waals surface area contributed by atoms with Crippen molar-refractivity contribution in [3.8, 4) is 16.5 Å². The largest absolute Gasteiger partial charge is 0.465 e. The second kappa shape index (κ2) is 7.23. The molecule has 126 valence electrons. The number of rotatable bonds is 4. The van der Waals surface area contributed by atoms with Crippen LogP contribution in [0.25, 0.3) is 10.7 Å². The van der Waals surface area contributed by atoms with Crippen molar-refractivity contribution in [2.75, 3.05) is 7.11 Å². The zero-order chi connectivity index (χ0) is 17.8. The second-order valence-corrected chi connectivity index (χ2v) is 6.05. The van der Waals surface area contributed by atoms with Crippen LogP contribution in [0.1, 0.15) is 25.7 Å². The van der Waals surface area contributed by atoms with Crippen molar-refractivity contribution in [1.82, 2.24) is 9.97 Å². The van der Waals surface area contributed by atoms with Crippen LogP contribution in [0.4, 0.5) is 0 Å². The molecule has 0 atom stereocenters. The SMILES string of the molecule is COC(=O)c1ccc(OC(=O)c2sc(-c3ccccn3)nc2C)cc1. The summed E-state index contributed by atoms with van der Waals surface area (Å²) in [7, 11) is 1.31. The van der Waals surface area contributed by atoms with Gasteiger partial charge in [-0.3, -0.25) is 4.98 Å². The van der Waals surface area contributed by atoms with Gasteiger partial charge in [0.2, 0.25) is 0 Å². The van der Waals surface area contributed by atoms with Crippen LogP contribution in [0.2, 0.25) is 0 Å². The molecule has 0 saturated carbocycles. The van der Waals surface area contributed by atoms with Gasteiger partial charge in [0.25, 0.3) is 0 Å². The van der Waals surface area contributed by atoms with E-state index in [1.165, 1.54) is 30.6 Å². The highest BCUT2D eigenvalue weighted by molar-refractivity contribution is 7.17. The molecule has 2 heterocycles. The number of esters is 2. The van der Waals surface area contributed by atoms with Crippen LogP contribution in [-0.2, 0) is 4.74 Å². The van der Waals surface area contributed by atoms with Gasteiger partial charge < -0.3 is 9.47 Å². The normalized spacial score (nSPS) is 10.3. The summed E-state index contributed by atoms with van der Waals surface area (Å²) >= 11 is 1.23. The molecule has 0 N–H and O–H groups in total. The summed E-state index contributed by atoms with van der Waals surface area (Å²) < 4.78 is 9.99. The van der Waals surface area contributed by atoms with Crippen molar-refractivity contribution in [2.45, 2.75) is 6.92 Å². The second-order valence-electron chi connectivity index (χ2n) is 5.05. The molecule has 0 radical (unpaired) electrons. The Bertz CT molecular complexity index is 905. The zero-order valence-electron chi connectivity index (χ0n) is 13.6. The fourth-order valence-corrected chi connectivity index (χ4v) is 3.03. The van der Waals surface area contributed by atoms with Crippen LogP contribution in [0, 0.1) is 6.92 Å². The fourth-order valence-electron chi connectivity index (χ4n) is 2.11. The lowest BCUT2D eigenvalue weighted by Gasteiger charge is -2.04. The van der Waals surface area contributed by atoms with Crippen molar-refractivity contribution >= 4 is 23.3 Å². The molecule has 0 fully saturated rings. The summed E-state index contributed by atoms with van der Waals surface area (Å²) in [5.74, 6) is -0.607. The number of ether oxygens (including phenoxy) is 2. The number of hydrogen-bond acceptors (Lipinski definition) is 7. The Kier molecular flexibility index (Phi) is 4.85. The first-order chi connectivity index (χ1) is 12.1. The van der Waals surface area contributed by atoms with Crippen molar-refractivity contribution in [3.05, 3.63) is 64.8 Å². The van der Waals surface area contributed by atoms with E-state index in [9.17, 15) is 9.59 Å². The zero-order valence-corrected chi connectivity index (χ0v) is 14.4. The smallest absolute Gasteiger partial charge is 0.355 e. The number of methoxy groups -OCH3 is 1. The van der Waals surface area contributed by atoms with Gasteiger partial charge in [0.15, 0.2) is 0 Å². The van der Waals surface area contributed by atoms with E-state index in [0.29, 0.717) is 32.6 Å². The lowest BCUT2D eigenvalue weighted by molar-refractivity contribution is 0.0600. The third-order valence-corrected chi connectivity index (χ3v) is 4.51. The van der Waals surface area contributed by atoms with Crippen LogP contribution >= 0.6 is 11.3 Å². The Labute approximate surface area is 148 Å². The Hall–Kier alpha value is -3.06. The van der Waals surface area contributed by atoms with Gasteiger partial charge in [0, 0.05) is 6.20 Å². The maximum atomic E-state index is 12.4. The predicted octanol–water partition coefficient (Wildman–Crippen LogP) is 3.52. The summed E-state index contributed by atoms with van der Waals surface area (Å²) in [6.45, 7) is 1.75. The number of nitrogens with zero attached hydrogens (tertiary/aromatic N) is 2. The van der Waals surface area contributed by atoms with Crippen LogP contribution in [0.15, 0.2) is 48.7 Å². The summed E-state index contributed by atoms with van der Waals surface area (Å²) in [6, 6.07) is 11.7. The molecule has 0 aliphatic heterocycles. The topological polar surface area (TPSA) is 78.4 Å². The number of carbonyl (C=O) groups excluding carboxylic acids is 2. The highest BCUT2D eigenvalue weighted by Crippen LogP contribution is 2.27. The van der Waals surface area contributed by atoms with E-state index in [1.54, 1.807) is 25.3 Å². The van der Waals surface area contributed by atoms with Gasteiger partial charge >= 0.3 is 11.9 Å². The quantitative estimate of drug-likeness (QED) is 0.527. The lowest BCUT2D eigenvalue weighted by Crippen LogP contribution is -2.08. The first-order valence-corrected chi connectivity index (χ1v) is 8.19. The van der Waals surface area contributed by atoms with Gasteiger partial charge in [-0.05, 0) is 43.3 Å². The van der Waals surface area contributed by atoms with Crippen LogP contribution < -0.4 is 4.74 Å². The fraction of sp³-hybridized carbons (Fsp3) is 0.111. The van der Waals surface area contributed by atoms with E-state index in [-0.39, 0.29) is 0 Å². The van der Waals surface area contributed by atoms with Gasteiger partial charge in [0.05, 0.1) is 24.1 Å². The Morgan fingerprint density at radius 3 is 2.44 bits per heavy atom. The molecule has 3 aromatic rings. The first-order valence-electron chi connectivity index (χ1n) is 7.38. The molecular weight excluding hydrogens is 340 g/mol. The van der Waals surface area contributed by atoms with E-state index in [4.69, 9.17) is 4.74 Å². The molecule has 0 aliphatic rings. The molecule has 25 heavy (non-hydrogen) atoms. The van der Waals surface area contributed by atoms with Gasteiger partial charge in [-0.2, -0.15) is 0 Å². The molecule has 1 aromatic carbocycles. The number of hydrogen-bond donors (Lipinski definition) is 0. The molecule has 3 rings (SSSR count). The summed E-state index contributed by atoms with van der Waals surface area (Å²) in [6.07, 6.45) is 1.67. The minimum Gasteiger partial charge on any atom is -0.465 e. The highest BCUT2D eigenvalue weighted by atomic mass is 32.1. The van der Waals surface area contributed by atoms with Crippen molar-refractivity contribution in [2.24, 2.45) is 0 Å². The molecule has 0 unspecified atom stereocenters. The third kappa shape index (κ3) is 3.72. The maximum absolute atomic E-state index is 12.4. The Morgan fingerprint density at radius 1 is 1.04 bits per heavy atom. The Morgan fingerprint density at radius 2 is 1.80 bits per heavy atom. The minimum atomic E-state index is -0.497. The van der Waals surface area contributed by atoms with Crippen LogP contribution in [-0.4, -0.2) is 29.0 Å². The number of carbonyl (C=O) groups is 2. The van der Waals surface area contributed by atoms with Crippen molar-refractivity contribution in [3.63, 3.8) is 0 Å².